The summed E-state index contributed by atoms with van der Waals surface area (Å²) in [6, 6.07) is 14.1. The molecule has 0 fully saturated rings. The minimum atomic E-state index is 0.0352. The highest BCUT2D eigenvalue weighted by Gasteiger charge is 2.11. The van der Waals surface area contributed by atoms with Gasteiger partial charge in [-0.1, -0.05) is 24.3 Å². The molecule has 0 radical (unpaired) electrons. The third-order valence-corrected chi connectivity index (χ3v) is 3.94. The van der Waals surface area contributed by atoms with Crippen molar-refractivity contribution >= 4 is 17.3 Å². The lowest BCUT2D eigenvalue weighted by Crippen LogP contribution is -2.16. The lowest BCUT2D eigenvalue weighted by molar-refractivity contribution is -0.115. The van der Waals surface area contributed by atoms with Gasteiger partial charge in [-0.15, -0.1) is 0 Å². The number of nitrogens with one attached hydrogen (secondary N) is 2. The maximum absolute atomic E-state index is 12.2. The van der Waals surface area contributed by atoms with Gasteiger partial charge < -0.3 is 10.6 Å². The average molecular weight is 280 g/mol. The minimum absolute atomic E-state index is 0.0352. The Balaban J connectivity index is 1.69. The highest BCUT2D eigenvalue weighted by Crippen LogP contribution is 2.25. The minimum Gasteiger partial charge on any atom is -0.385 e. The highest BCUT2D eigenvalue weighted by molar-refractivity contribution is 5.92. The molecule has 0 aliphatic carbocycles. The molecule has 2 aromatic carbocycles. The van der Waals surface area contributed by atoms with Crippen LogP contribution in [0.2, 0.25) is 0 Å². The first-order chi connectivity index (χ1) is 10.2. The number of aryl methyl sites for hydroxylation is 2. The molecule has 0 bridgehead atoms. The Bertz CT molecular complexity index is 664. The molecule has 21 heavy (non-hydrogen) atoms. The SMILES string of the molecule is Cc1ccccc1CC(=O)Nc1ccc2c(c1)CCCN2. The second kappa shape index (κ2) is 6.00. The fourth-order valence-electron chi connectivity index (χ4n) is 2.74. The highest BCUT2D eigenvalue weighted by atomic mass is 16.1. The summed E-state index contributed by atoms with van der Waals surface area (Å²) in [5.41, 5.74) is 5.60. The number of hydrogen-bond donors (Lipinski definition) is 2. The molecule has 108 valence electrons. The van der Waals surface area contributed by atoms with E-state index in [0.717, 1.165) is 36.2 Å². The maximum Gasteiger partial charge on any atom is 0.228 e. The predicted octanol–water partition coefficient (Wildman–Crippen LogP) is 3.53. The molecule has 0 atom stereocenters. The van der Waals surface area contributed by atoms with Crippen molar-refractivity contribution in [2.75, 3.05) is 17.2 Å². The van der Waals surface area contributed by atoms with Gasteiger partial charge in [0.25, 0.3) is 0 Å². The third-order valence-electron chi connectivity index (χ3n) is 3.94. The predicted molar refractivity (Wildman–Crippen MR) is 86.8 cm³/mol. The van der Waals surface area contributed by atoms with E-state index in [4.69, 9.17) is 0 Å². The molecule has 0 unspecified atom stereocenters. The van der Waals surface area contributed by atoms with Gasteiger partial charge in [-0.25, -0.2) is 0 Å². The number of anilines is 2. The van der Waals surface area contributed by atoms with Crippen LogP contribution in [0.4, 0.5) is 11.4 Å². The van der Waals surface area contributed by atoms with E-state index in [-0.39, 0.29) is 5.91 Å². The lowest BCUT2D eigenvalue weighted by Gasteiger charge is -2.18. The smallest absolute Gasteiger partial charge is 0.228 e. The summed E-state index contributed by atoms with van der Waals surface area (Å²) in [7, 11) is 0. The molecule has 2 N–H and O–H groups in total. The molecule has 2 aromatic rings. The van der Waals surface area contributed by atoms with Gasteiger partial charge in [-0.05, 0) is 54.7 Å². The maximum atomic E-state index is 12.2. The normalized spacial score (nSPS) is 13.2. The van der Waals surface area contributed by atoms with Crippen LogP contribution < -0.4 is 10.6 Å². The molecule has 1 amide bonds. The first kappa shape index (κ1) is 13.7. The first-order valence-electron chi connectivity index (χ1n) is 7.43. The fraction of sp³-hybridized carbons (Fsp3) is 0.278. The molecule has 1 aliphatic rings. The van der Waals surface area contributed by atoms with Gasteiger partial charge in [0, 0.05) is 17.9 Å². The van der Waals surface area contributed by atoms with E-state index >= 15 is 0 Å². The van der Waals surface area contributed by atoms with Gasteiger partial charge >= 0.3 is 0 Å². The summed E-state index contributed by atoms with van der Waals surface area (Å²) >= 11 is 0. The van der Waals surface area contributed by atoms with Crippen LogP contribution in [0.5, 0.6) is 0 Å². The zero-order valence-corrected chi connectivity index (χ0v) is 12.3. The zero-order chi connectivity index (χ0) is 14.7. The van der Waals surface area contributed by atoms with Crippen molar-refractivity contribution in [1.29, 1.82) is 0 Å². The molecule has 1 aliphatic heterocycles. The summed E-state index contributed by atoms with van der Waals surface area (Å²) in [6.45, 7) is 3.07. The quantitative estimate of drug-likeness (QED) is 0.903. The molecule has 0 spiro atoms. The summed E-state index contributed by atoms with van der Waals surface area (Å²) in [4.78, 5) is 12.2. The third kappa shape index (κ3) is 3.24. The average Bonchev–Trinajstić information content (AvgIpc) is 2.49. The van der Waals surface area contributed by atoms with Crippen molar-refractivity contribution in [2.24, 2.45) is 0 Å². The van der Waals surface area contributed by atoms with Gasteiger partial charge in [0.1, 0.15) is 0 Å². The number of hydrogen-bond acceptors (Lipinski definition) is 2. The van der Waals surface area contributed by atoms with Gasteiger partial charge in [-0.3, -0.25) is 4.79 Å². The van der Waals surface area contributed by atoms with Crippen molar-refractivity contribution in [2.45, 2.75) is 26.2 Å². The summed E-state index contributed by atoms with van der Waals surface area (Å²) in [6.07, 6.45) is 2.64. The largest absolute Gasteiger partial charge is 0.385 e. The second-order valence-electron chi connectivity index (χ2n) is 5.55. The van der Waals surface area contributed by atoms with Crippen LogP contribution >= 0.6 is 0 Å². The van der Waals surface area contributed by atoms with Crippen LogP contribution in [-0.4, -0.2) is 12.5 Å². The van der Waals surface area contributed by atoms with Crippen molar-refractivity contribution in [3.05, 3.63) is 59.2 Å². The Morgan fingerprint density at radius 2 is 2.10 bits per heavy atom. The van der Waals surface area contributed by atoms with Crippen molar-refractivity contribution < 1.29 is 4.79 Å². The standard InChI is InChI=1S/C18H20N2O/c1-13-5-2-3-6-14(13)12-18(21)20-16-8-9-17-15(11-16)7-4-10-19-17/h2-3,5-6,8-9,11,19H,4,7,10,12H2,1H3,(H,20,21). The van der Waals surface area contributed by atoms with Crippen LogP contribution in [0.3, 0.4) is 0 Å². The van der Waals surface area contributed by atoms with Gasteiger partial charge in [0.05, 0.1) is 6.42 Å². The molecule has 3 rings (SSSR count). The van der Waals surface area contributed by atoms with E-state index in [9.17, 15) is 4.79 Å². The Kier molecular flexibility index (Phi) is 3.91. The topological polar surface area (TPSA) is 41.1 Å². The Morgan fingerprint density at radius 3 is 2.95 bits per heavy atom. The van der Waals surface area contributed by atoms with Crippen LogP contribution in [0.15, 0.2) is 42.5 Å². The van der Waals surface area contributed by atoms with E-state index in [1.165, 1.54) is 11.3 Å². The Hall–Kier alpha value is -2.29. The molecule has 0 saturated carbocycles. The fourth-order valence-corrected chi connectivity index (χ4v) is 2.74. The van der Waals surface area contributed by atoms with E-state index < -0.39 is 0 Å². The monoisotopic (exact) mass is 280 g/mol. The van der Waals surface area contributed by atoms with Gasteiger partial charge in [0.2, 0.25) is 5.91 Å². The van der Waals surface area contributed by atoms with Crippen molar-refractivity contribution in [1.82, 2.24) is 0 Å². The van der Waals surface area contributed by atoms with Gasteiger partial charge in [0.15, 0.2) is 0 Å². The molecule has 0 aromatic heterocycles. The van der Waals surface area contributed by atoms with E-state index in [2.05, 4.69) is 22.8 Å². The molecular weight excluding hydrogens is 260 g/mol. The number of benzene rings is 2. The number of carbonyl (C=O) groups is 1. The van der Waals surface area contributed by atoms with Gasteiger partial charge in [-0.2, -0.15) is 0 Å². The molecule has 1 heterocycles. The summed E-state index contributed by atoms with van der Waals surface area (Å²) < 4.78 is 0. The Morgan fingerprint density at radius 1 is 1.24 bits per heavy atom. The lowest BCUT2D eigenvalue weighted by atomic mass is 10.0. The zero-order valence-electron chi connectivity index (χ0n) is 12.3. The molecule has 3 nitrogen and oxygen atoms in total. The van der Waals surface area contributed by atoms with Crippen LogP contribution in [0.25, 0.3) is 0 Å². The molecule has 3 heteroatoms. The number of rotatable bonds is 3. The number of amides is 1. The van der Waals surface area contributed by atoms with Crippen LogP contribution in [-0.2, 0) is 17.6 Å². The summed E-state index contributed by atoms with van der Waals surface area (Å²) in [5, 5.41) is 6.38. The second-order valence-corrected chi connectivity index (χ2v) is 5.55. The molecule has 0 saturated heterocycles. The van der Waals surface area contributed by atoms with Crippen molar-refractivity contribution in [3.63, 3.8) is 0 Å². The van der Waals surface area contributed by atoms with Crippen molar-refractivity contribution in [3.8, 4) is 0 Å². The summed E-state index contributed by atoms with van der Waals surface area (Å²) in [5.74, 6) is 0.0352. The van der Waals surface area contributed by atoms with E-state index in [1.807, 2.05) is 37.3 Å². The number of fused-ring (bicyclic) bond motifs is 1. The number of carbonyl (C=O) groups excluding carboxylic acids is 1. The Labute approximate surface area is 125 Å². The first-order valence-corrected chi connectivity index (χ1v) is 7.43. The van der Waals surface area contributed by atoms with Crippen LogP contribution in [0.1, 0.15) is 23.1 Å². The molecular formula is C18H20N2O. The van der Waals surface area contributed by atoms with Crippen LogP contribution in [0, 0.1) is 6.92 Å². The van der Waals surface area contributed by atoms with E-state index in [1.54, 1.807) is 0 Å². The van der Waals surface area contributed by atoms with E-state index in [0.29, 0.717) is 6.42 Å².